The summed E-state index contributed by atoms with van der Waals surface area (Å²) in [4.78, 5) is 168. The van der Waals surface area contributed by atoms with Gasteiger partial charge in [-0.2, -0.15) is 0 Å². The molecule has 3 rings (SSSR count). The Morgan fingerprint density at radius 2 is 0.957 bits per heavy atom. The molecule has 2 aromatic rings. The summed E-state index contributed by atoms with van der Waals surface area (Å²) in [5.74, 6) is -8.05. The Bertz CT molecular complexity index is 2820. The van der Waals surface area contributed by atoms with Crippen LogP contribution in [-0.4, -0.2) is 189 Å². The second kappa shape index (κ2) is 38.3. The van der Waals surface area contributed by atoms with Crippen LogP contribution in [-0.2, 0) is 70.3 Å². The van der Waals surface area contributed by atoms with Gasteiger partial charge in [0.15, 0.2) is 7.98 Å². The van der Waals surface area contributed by atoms with E-state index in [1.54, 1.807) is 145 Å². The highest BCUT2D eigenvalue weighted by molar-refractivity contribution is 6.04. The predicted octanol–water partition coefficient (Wildman–Crippen LogP) is 0.137. The Labute approximate surface area is 544 Å². The van der Waals surface area contributed by atoms with Gasteiger partial charge in [0.2, 0.25) is 47.3 Å². The monoisotopic (exact) mass is 1310 g/mol. The lowest BCUT2D eigenvalue weighted by atomic mass is 10.00. The van der Waals surface area contributed by atoms with Gasteiger partial charge < -0.3 is 93.1 Å². The van der Waals surface area contributed by atoms with Gasteiger partial charge in [0, 0.05) is 32.6 Å². The van der Waals surface area contributed by atoms with E-state index in [2.05, 4.69) is 69.0 Å². The van der Waals surface area contributed by atoms with Crippen LogP contribution in [0.15, 0.2) is 60.7 Å². The van der Waals surface area contributed by atoms with E-state index < -0.39 is 156 Å². The molecule has 30 nitrogen and oxygen atoms in total. The summed E-state index contributed by atoms with van der Waals surface area (Å²) in [5.41, 5.74) is -1.56. The second-order valence-corrected chi connectivity index (χ2v) is 25.8. The van der Waals surface area contributed by atoms with E-state index in [-0.39, 0.29) is 77.2 Å². The van der Waals surface area contributed by atoms with Crippen molar-refractivity contribution in [1.82, 2.24) is 69.0 Å². The van der Waals surface area contributed by atoms with Gasteiger partial charge in [-0.1, -0.05) is 74.5 Å². The van der Waals surface area contributed by atoms with Gasteiger partial charge in [-0.3, -0.25) is 38.4 Å². The van der Waals surface area contributed by atoms with Crippen LogP contribution in [0, 0.1) is 5.92 Å². The highest BCUT2D eigenvalue weighted by Crippen LogP contribution is 2.14. The normalized spacial score (nSPS) is 20.8. The molecule has 1 aliphatic heterocycles. The first-order valence-corrected chi connectivity index (χ1v) is 31.2. The number of carbonyl (C=O) groups excluding carboxylic acids is 12. The third-order valence-electron chi connectivity index (χ3n) is 13.4. The van der Waals surface area contributed by atoms with E-state index in [1.807, 2.05) is 0 Å². The van der Waals surface area contributed by atoms with Gasteiger partial charge in [0.25, 0.3) is 0 Å². The van der Waals surface area contributed by atoms with Crippen LogP contribution in [0.4, 0.5) is 19.2 Å². The first-order valence-electron chi connectivity index (χ1n) is 31.2. The maximum absolute atomic E-state index is 14.8. The van der Waals surface area contributed by atoms with Crippen LogP contribution in [0.3, 0.4) is 0 Å². The van der Waals surface area contributed by atoms with E-state index >= 15 is 0 Å². The van der Waals surface area contributed by atoms with Gasteiger partial charge >= 0.3 is 24.4 Å². The molecule has 0 spiro atoms. The van der Waals surface area contributed by atoms with E-state index in [9.17, 15) is 62.6 Å². The summed E-state index contributed by atoms with van der Waals surface area (Å²) in [6, 6.07) is 4.64. The minimum atomic E-state index is -1.79. The van der Waals surface area contributed by atoms with Crippen LogP contribution in [0.1, 0.15) is 133 Å². The molecule has 1 aliphatic rings. The van der Waals surface area contributed by atoms with E-state index in [4.69, 9.17) is 18.9 Å². The van der Waals surface area contributed by atoms with Crippen LogP contribution in [0.2, 0.25) is 0 Å². The largest absolute Gasteiger partial charge is 0.445 e. The predicted molar refractivity (Wildman–Crippen MR) is 344 cm³/mol. The maximum atomic E-state index is 14.8. The molecule has 31 heteroatoms. The van der Waals surface area contributed by atoms with Crippen molar-refractivity contribution in [2.75, 3.05) is 32.7 Å². The Hall–Kier alpha value is -8.74. The highest BCUT2D eigenvalue weighted by atomic mass is 16.6. The van der Waals surface area contributed by atoms with Crippen molar-refractivity contribution in [2.24, 2.45) is 5.92 Å². The number of ether oxygens (including phenoxy) is 4. The summed E-state index contributed by atoms with van der Waals surface area (Å²) in [6.45, 7) is 18.0. The molecular formula is C62H98BN13O17. The lowest BCUT2D eigenvalue weighted by molar-refractivity contribution is -0.136. The number of benzene rings is 2. The third-order valence-corrected chi connectivity index (χ3v) is 13.4. The minimum absolute atomic E-state index is 0.0301. The molecule has 1 heterocycles. The van der Waals surface area contributed by atoms with Crippen molar-refractivity contribution in [3.05, 3.63) is 71.8 Å². The number of nitrogens with one attached hydrogen (secondary N) is 13. The van der Waals surface area contributed by atoms with E-state index in [1.165, 1.54) is 6.92 Å². The molecule has 9 atom stereocenters. The highest BCUT2D eigenvalue weighted by Gasteiger charge is 2.37. The summed E-state index contributed by atoms with van der Waals surface area (Å²) in [6.07, 6.45) is -7.07. The molecule has 2 aromatic carbocycles. The Morgan fingerprint density at radius 1 is 0.538 bits per heavy atom. The zero-order chi connectivity index (χ0) is 69.6. The van der Waals surface area contributed by atoms with Crippen LogP contribution in [0.25, 0.3) is 0 Å². The number of aliphatic hydroxyl groups excluding tert-OH is 1. The number of amides is 12. The number of alkyl carbamates (subject to hydrolysis) is 4. The molecule has 12 amide bonds. The van der Waals surface area contributed by atoms with Crippen LogP contribution >= 0.6 is 0 Å². The first-order chi connectivity index (χ1) is 43.5. The van der Waals surface area contributed by atoms with Crippen molar-refractivity contribution in [3.8, 4) is 0 Å². The number of rotatable bonds is 22. The van der Waals surface area contributed by atoms with Gasteiger partial charge in [0.1, 0.15) is 71.7 Å². The molecule has 93 heavy (non-hydrogen) atoms. The number of hydrogen-bond donors (Lipinski definition) is 14. The number of carbonyl (C=O) groups is 12. The topological polar surface area (TPSA) is 418 Å². The first kappa shape index (κ1) is 78.5. The lowest BCUT2D eigenvalue weighted by Gasteiger charge is -2.29. The molecule has 0 aliphatic carbocycles. The molecule has 0 aromatic heterocycles. The fourth-order valence-electron chi connectivity index (χ4n) is 8.94. The fourth-order valence-corrected chi connectivity index (χ4v) is 8.94. The van der Waals surface area contributed by atoms with Crippen LogP contribution < -0.4 is 69.0 Å². The molecule has 1 fully saturated rings. The molecule has 516 valence electrons. The Morgan fingerprint density at radius 3 is 1.43 bits per heavy atom. The van der Waals surface area contributed by atoms with Crippen LogP contribution in [0.5, 0.6) is 0 Å². The van der Waals surface area contributed by atoms with E-state index in [0.29, 0.717) is 11.1 Å². The zero-order valence-electron chi connectivity index (χ0n) is 55.7. The molecule has 0 bridgehead atoms. The summed E-state index contributed by atoms with van der Waals surface area (Å²) in [5, 5.41) is 45.0. The smallest absolute Gasteiger partial charge is 0.408 e. The van der Waals surface area contributed by atoms with Gasteiger partial charge in [-0.15, -0.1) is 0 Å². The summed E-state index contributed by atoms with van der Waals surface area (Å²) < 4.78 is 21.5. The summed E-state index contributed by atoms with van der Waals surface area (Å²) in [7, 11) is 1.59. The number of aliphatic hydroxyl groups is 1. The SMILES string of the molecule is BNCC[C@@H]1NC(=O)[C@@H](NC(=O)[C@H](CCNC(=O)OC(C)(C)C)NC(=O)OCc2ccccc2)CCNC(=O)[C@H]([C@@H](C)O)NC(=O)[C@H](CCNC(=O)OC(C)(C)C)NC(=O)[C@H](CCNC(=O)OC(C)(C)C)NC(=O)[C@H](CC(C)C)NC(=O)[C@@H](Cc2ccccc2)NC1=O. The molecule has 14 N–H and O–H groups in total. The third kappa shape index (κ3) is 31.9. The minimum Gasteiger partial charge on any atom is -0.445 e. The second-order valence-electron chi connectivity index (χ2n) is 25.8. The van der Waals surface area contributed by atoms with Crippen molar-refractivity contribution in [2.45, 2.75) is 206 Å². The fraction of sp³-hybridized carbons (Fsp3) is 0.613. The lowest BCUT2D eigenvalue weighted by Crippen LogP contribution is -2.61. The summed E-state index contributed by atoms with van der Waals surface area (Å²) >= 11 is 0. The van der Waals surface area contributed by atoms with Crippen molar-refractivity contribution >= 4 is 79.6 Å². The van der Waals surface area contributed by atoms with E-state index in [0.717, 1.165) is 0 Å². The average Bonchev–Trinajstić information content (AvgIpc) is 1.29. The quantitative estimate of drug-likeness (QED) is 0.0551. The maximum Gasteiger partial charge on any atom is 0.408 e. The molecular weight excluding hydrogens is 1210 g/mol. The van der Waals surface area contributed by atoms with Crippen molar-refractivity contribution in [1.29, 1.82) is 0 Å². The molecule has 0 unspecified atom stereocenters. The van der Waals surface area contributed by atoms with Gasteiger partial charge in [-0.25, -0.2) is 19.2 Å². The standard InChI is InChI=1S/C62H98BN13O17/c1-36(2)33-45-53(83)72-41(24-29-65-56(86)91-60(4,5)6)49(79)70-42(25-30-66-57(87)92-61(7,8)9)52(82)76-47(37(3)77)55(85)64-28-23-40(48(78)71-43(27-32-68-63)50(80)74-46(54(84)73-45)34-38-19-15-13-16-20-38)69-51(81)44(26-31-67-58(88)93-62(10,11)12)75-59(89)90-35-39-21-17-14-18-22-39/h13-22,36-37,40-47,68,77H,23-35,63H2,1-12H3,(H,64,85)(H,65,86)(H,66,87)(H,67,88)(H,69,81)(H,70,79)(H,71,78)(H,72,83)(H,73,84)(H,74,80)(H,75,89)(H,76,82)/t37-,40+,41+,42+,43+,44+,45+,46-,47+/m1/s1. The molecule has 1 saturated heterocycles. The molecule has 0 radical (unpaired) electrons. The van der Waals surface area contributed by atoms with Gasteiger partial charge in [-0.05, 0) is 131 Å². The molecule has 0 saturated carbocycles. The van der Waals surface area contributed by atoms with Crippen molar-refractivity contribution < 1.29 is 81.6 Å². The van der Waals surface area contributed by atoms with Gasteiger partial charge in [0.05, 0.1) is 6.10 Å². The average molecular weight is 1310 g/mol. The zero-order valence-corrected chi connectivity index (χ0v) is 55.7. The number of hydrogen-bond acceptors (Lipinski definition) is 18. The van der Waals surface area contributed by atoms with Crippen molar-refractivity contribution in [3.63, 3.8) is 0 Å². The Balaban J connectivity index is 2.24. The Kier molecular flexibility index (Phi) is 32.3.